The standard InChI is InChI=1S/C15H24N2O2/c1-4-8-16-11-15(18)17-13-7-6-12(3)10-14(13)19-9-5-2/h6-7,10,16H,4-5,8-9,11H2,1-3H3,(H,17,18). The van der Waals surface area contributed by atoms with Gasteiger partial charge in [-0.3, -0.25) is 4.79 Å². The highest BCUT2D eigenvalue weighted by molar-refractivity contribution is 5.93. The molecular weight excluding hydrogens is 240 g/mol. The Balaban J connectivity index is 2.62. The van der Waals surface area contributed by atoms with Crippen molar-refractivity contribution in [1.82, 2.24) is 5.32 Å². The number of aryl methyl sites for hydroxylation is 1. The van der Waals surface area contributed by atoms with E-state index < -0.39 is 0 Å². The first-order chi connectivity index (χ1) is 9.17. The molecule has 0 aromatic heterocycles. The number of hydrogen-bond donors (Lipinski definition) is 2. The number of nitrogens with one attached hydrogen (secondary N) is 2. The Morgan fingerprint density at radius 2 is 2.05 bits per heavy atom. The second kappa shape index (κ2) is 8.53. The normalized spacial score (nSPS) is 10.3. The molecule has 0 saturated heterocycles. The van der Waals surface area contributed by atoms with E-state index in [4.69, 9.17) is 4.74 Å². The molecular formula is C15H24N2O2. The van der Waals surface area contributed by atoms with Gasteiger partial charge in [0.15, 0.2) is 0 Å². The van der Waals surface area contributed by atoms with Gasteiger partial charge in [0.05, 0.1) is 18.8 Å². The fraction of sp³-hybridized carbons (Fsp3) is 0.533. The summed E-state index contributed by atoms with van der Waals surface area (Å²) in [7, 11) is 0. The molecule has 1 rings (SSSR count). The van der Waals surface area contributed by atoms with Gasteiger partial charge >= 0.3 is 0 Å². The summed E-state index contributed by atoms with van der Waals surface area (Å²) in [4.78, 5) is 11.8. The first kappa shape index (κ1) is 15.5. The van der Waals surface area contributed by atoms with Gasteiger partial charge in [0.25, 0.3) is 0 Å². The van der Waals surface area contributed by atoms with Crippen LogP contribution in [0.5, 0.6) is 5.75 Å². The van der Waals surface area contributed by atoms with Gasteiger partial charge in [-0.2, -0.15) is 0 Å². The lowest BCUT2D eigenvalue weighted by atomic mass is 10.2. The Labute approximate surface area is 115 Å². The van der Waals surface area contributed by atoms with Gasteiger partial charge in [0, 0.05) is 0 Å². The first-order valence-corrected chi connectivity index (χ1v) is 6.91. The van der Waals surface area contributed by atoms with Crippen LogP contribution in [-0.2, 0) is 4.79 Å². The van der Waals surface area contributed by atoms with Crippen LogP contribution in [-0.4, -0.2) is 25.6 Å². The summed E-state index contributed by atoms with van der Waals surface area (Å²) in [5.74, 6) is 0.698. The number of carbonyl (C=O) groups excluding carboxylic acids is 1. The van der Waals surface area contributed by atoms with Gasteiger partial charge in [-0.15, -0.1) is 0 Å². The van der Waals surface area contributed by atoms with Gasteiger partial charge in [-0.25, -0.2) is 0 Å². The molecule has 2 N–H and O–H groups in total. The number of rotatable bonds is 8. The highest BCUT2D eigenvalue weighted by atomic mass is 16.5. The number of benzene rings is 1. The summed E-state index contributed by atoms with van der Waals surface area (Å²) in [5.41, 5.74) is 1.86. The molecule has 4 nitrogen and oxygen atoms in total. The predicted molar refractivity (Wildman–Crippen MR) is 78.8 cm³/mol. The van der Waals surface area contributed by atoms with Gasteiger partial charge < -0.3 is 15.4 Å². The summed E-state index contributed by atoms with van der Waals surface area (Å²) in [6.45, 7) is 7.97. The summed E-state index contributed by atoms with van der Waals surface area (Å²) in [5, 5.41) is 5.96. The van der Waals surface area contributed by atoms with E-state index in [0.29, 0.717) is 13.2 Å². The van der Waals surface area contributed by atoms with Crippen LogP contribution in [0, 0.1) is 6.92 Å². The van der Waals surface area contributed by atoms with E-state index in [2.05, 4.69) is 24.5 Å². The molecule has 1 aromatic rings. The Morgan fingerprint density at radius 3 is 2.74 bits per heavy atom. The Bertz CT molecular complexity index is 405. The van der Waals surface area contributed by atoms with Crippen LogP contribution in [0.4, 0.5) is 5.69 Å². The third-order valence-corrected chi connectivity index (χ3v) is 2.59. The van der Waals surface area contributed by atoms with Crippen molar-refractivity contribution in [3.8, 4) is 5.75 Å². The molecule has 0 unspecified atom stereocenters. The SMILES string of the molecule is CCCNCC(=O)Nc1ccc(C)cc1OCCC. The maximum absolute atomic E-state index is 11.8. The second-order valence-corrected chi connectivity index (χ2v) is 4.57. The Kier molecular flexibility index (Phi) is 6.97. The van der Waals surface area contributed by atoms with Crippen LogP contribution in [0.15, 0.2) is 18.2 Å². The van der Waals surface area contributed by atoms with Crippen molar-refractivity contribution in [3.05, 3.63) is 23.8 Å². The van der Waals surface area contributed by atoms with E-state index >= 15 is 0 Å². The van der Waals surface area contributed by atoms with Crippen LogP contribution in [0.25, 0.3) is 0 Å². The van der Waals surface area contributed by atoms with Crippen LogP contribution in [0.3, 0.4) is 0 Å². The molecule has 0 saturated carbocycles. The molecule has 0 heterocycles. The number of amides is 1. The quantitative estimate of drug-likeness (QED) is 0.710. The number of hydrogen-bond acceptors (Lipinski definition) is 3. The lowest BCUT2D eigenvalue weighted by Gasteiger charge is -2.13. The van der Waals surface area contributed by atoms with Crippen molar-refractivity contribution in [2.45, 2.75) is 33.6 Å². The number of ether oxygens (including phenoxy) is 1. The average molecular weight is 264 g/mol. The molecule has 0 atom stereocenters. The molecule has 1 amide bonds. The smallest absolute Gasteiger partial charge is 0.238 e. The van der Waals surface area contributed by atoms with Crippen molar-refractivity contribution in [3.63, 3.8) is 0 Å². The first-order valence-electron chi connectivity index (χ1n) is 6.91. The third-order valence-electron chi connectivity index (χ3n) is 2.59. The summed E-state index contributed by atoms with van der Waals surface area (Å²) >= 11 is 0. The van der Waals surface area contributed by atoms with E-state index in [-0.39, 0.29) is 5.91 Å². The van der Waals surface area contributed by atoms with Gasteiger partial charge in [-0.05, 0) is 44.0 Å². The van der Waals surface area contributed by atoms with Crippen molar-refractivity contribution in [1.29, 1.82) is 0 Å². The van der Waals surface area contributed by atoms with Crippen molar-refractivity contribution in [2.75, 3.05) is 25.0 Å². The minimum absolute atomic E-state index is 0.0429. The molecule has 0 radical (unpaired) electrons. The summed E-state index contributed by atoms with van der Waals surface area (Å²) in [6.07, 6.45) is 1.96. The molecule has 0 aliphatic rings. The minimum atomic E-state index is -0.0429. The summed E-state index contributed by atoms with van der Waals surface area (Å²) < 4.78 is 5.66. The highest BCUT2D eigenvalue weighted by Gasteiger charge is 2.07. The zero-order chi connectivity index (χ0) is 14.1. The van der Waals surface area contributed by atoms with Gasteiger partial charge in [0.1, 0.15) is 5.75 Å². The Morgan fingerprint density at radius 1 is 1.26 bits per heavy atom. The van der Waals surface area contributed by atoms with E-state index in [1.165, 1.54) is 0 Å². The molecule has 4 heteroatoms. The Hall–Kier alpha value is -1.55. The van der Waals surface area contributed by atoms with Crippen LogP contribution < -0.4 is 15.4 Å². The van der Waals surface area contributed by atoms with Crippen LogP contribution in [0.2, 0.25) is 0 Å². The molecule has 1 aromatic carbocycles. The van der Waals surface area contributed by atoms with E-state index in [0.717, 1.165) is 36.4 Å². The fourth-order valence-corrected chi connectivity index (χ4v) is 1.64. The fourth-order valence-electron chi connectivity index (χ4n) is 1.64. The van der Waals surface area contributed by atoms with E-state index in [1.807, 2.05) is 25.1 Å². The number of anilines is 1. The molecule has 0 spiro atoms. The minimum Gasteiger partial charge on any atom is -0.491 e. The third kappa shape index (κ3) is 5.75. The molecule has 0 fully saturated rings. The maximum Gasteiger partial charge on any atom is 0.238 e. The van der Waals surface area contributed by atoms with Crippen LogP contribution >= 0.6 is 0 Å². The maximum atomic E-state index is 11.8. The van der Waals surface area contributed by atoms with E-state index in [1.54, 1.807) is 0 Å². The molecule has 0 aliphatic carbocycles. The second-order valence-electron chi connectivity index (χ2n) is 4.57. The van der Waals surface area contributed by atoms with Crippen molar-refractivity contribution < 1.29 is 9.53 Å². The lowest BCUT2D eigenvalue weighted by Crippen LogP contribution is -2.28. The molecule has 0 aliphatic heterocycles. The summed E-state index contributed by atoms with van der Waals surface area (Å²) in [6, 6.07) is 5.80. The number of carbonyl (C=O) groups is 1. The predicted octanol–water partition coefficient (Wildman–Crippen LogP) is 2.72. The topological polar surface area (TPSA) is 50.4 Å². The zero-order valence-electron chi connectivity index (χ0n) is 12.1. The van der Waals surface area contributed by atoms with Gasteiger partial charge in [0.2, 0.25) is 5.91 Å². The monoisotopic (exact) mass is 264 g/mol. The van der Waals surface area contributed by atoms with E-state index in [9.17, 15) is 4.79 Å². The zero-order valence-corrected chi connectivity index (χ0v) is 12.1. The van der Waals surface area contributed by atoms with Crippen LogP contribution in [0.1, 0.15) is 32.3 Å². The molecule has 0 bridgehead atoms. The van der Waals surface area contributed by atoms with Crippen molar-refractivity contribution >= 4 is 11.6 Å². The van der Waals surface area contributed by atoms with Gasteiger partial charge in [-0.1, -0.05) is 19.9 Å². The highest BCUT2D eigenvalue weighted by Crippen LogP contribution is 2.25. The molecule has 106 valence electrons. The lowest BCUT2D eigenvalue weighted by molar-refractivity contribution is -0.115. The average Bonchev–Trinajstić information content (AvgIpc) is 2.39. The molecule has 19 heavy (non-hydrogen) atoms. The largest absolute Gasteiger partial charge is 0.491 e. The van der Waals surface area contributed by atoms with Crippen molar-refractivity contribution in [2.24, 2.45) is 0 Å².